The van der Waals surface area contributed by atoms with E-state index in [1.807, 2.05) is 6.26 Å². The van der Waals surface area contributed by atoms with Crippen molar-refractivity contribution in [1.82, 2.24) is 3.97 Å². The molecule has 3 aromatic rings. The minimum Gasteiger partial charge on any atom is -0.457 e. The van der Waals surface area contributed by atoms with E-state index >= 15 is 0 Å². The predicted molar refractivity (Wildman–Crippen MR) is 132 cm³/mol. The van der Waals surface area contributed by atoms with Gasteiger partial charge in [-0.2, -0.15) is 0 Å². The zero-order valence-corrected chi connectivity index (χ0v) is 20.2. The Kier molecular flexibility index (Phi) is 6.10. The van der Waals surface area contributed by atoms with Crippen LogP contribution in [0.5, 0.6) is 11.5 Å². The van der Waals surface area contributed by atoms with Gasteiger partial charge in [0.05, 0.1) is 5.52 Å². The molecular formula is C23H20F2N2O3S3. The maximum atomic E-state index is 14.9. The lowest BCUT2D eigenvalue weighted by molar-refractivity contribution is 0.476. The third-order valence-electron chi connectivity index (χ3n) is 5.60. The van der Waals surface area contributed by atoms with Gasteiger partial charge < -0.3 is 10.5 Å². The Morgan fingerprint density at radius 3 is 2.55 bits per heavy atom. The van der Waals surface area contributed by atoms with Crippen molar-refractivity contribution in [3.05, 3.63) is 82.9 Å². The zero-order valence-electron chi connectivity index (χ0n) is 17.7. The second-order valence-electron chi connectivity index (χ2n) is 7.68. The summed E-state index contributed by atoms with van der Waals surface area (Å²) in [5, 5.41) is 0.580. The molecule has 5 nitrogen and oxygen atoms in total. The van der Waals surface area contributed by atoms with Crippen LogP contribution in [0.25, 0.3) is 10.9 Å². The zero-order chi connectivity index (χ0) is 24.0. The van der Waals surface area contributed by atoms with Gasteiger partial charge in [-0.05, 0) is 68.1 Å². The molecule has 1 heterocycles. The van der Waals surface area contributed by atoms with Crippen molar-refractivity contribution in [3.8, 4) is 11.5 Å². The van der Waals surface area contributed by atoms with E-state index in [9.17, 15) is 17.2 Å². The highest BCUT2D eigenvalue weighted by Crippen LogP contribution is 2.40. The molecule has 2 aromatic carbocycles. The fraction of sp³-hybridized carbons (Fsp3) is 0.174. The fourth-order valence-electron chi connectivity index (χ4n) is 3.58. The highest BCUT2D eigenvalue weighted by atomic mass is 32.2. The predicted octanol–water partition coefficient (Wildman–Crippen LogP) is 5.65. The first-order valence-electron chi connectivity index (χ1n) is 9.82. The molecule has 33 heavy (non-hydrogen) atoms. The number of nitrogens with two attached hydrogens (primary N) is 1. The molecule has 0 saturated heterocycles. The summed E-state index contributed by atoms with van der Waals surface area (Å²) in [6.07, 6.45) is 6.24. The van der Waals surface area contributed by atoms with Gasteiger partial charge in [0.15, 0.2) is 0 Å². The number of fused-ring (bicyclic) bond motifs is 1. The highest BCUT2D eigenvalue weighted by molar-refractivity contribution is 8.02. The number of hydrogen-bond donors (Lipinski definition) is 1. The molecule has 0 amide bonds. The summed E-state index contributed by atoms with van der Waals surface area (Å²) in [4.78, 5) is 0.603. The lowest BCUT2D eigenvalue weighted by Crippen LogP contribution is -2.40. The number of thioether (sulfide) groups is 1. The number of aromatic nitrogens is 1. The van der Waals surface area contributed by atoms with Crippen molar-refractivity contribution in [3.63, 3.8) is 0 Å². The van der Waals surface area contributed by atoms with Crippen LogP contribution < -0.4 is 10.5 Å². The molecule has 1 atom stereocenters. The van der Waals surface area contributed by atoms with E-state index < -0.39 is 26.4 Å². The Labute approximate surface area is 200 Å². The molecule has 0 fully saturated rings. The SMILES string of the molecule is CSC1=CCC(C)(S(=O)(=O)n2ccc3cc(Oc4ccc(F)c(C(N)=S)c4)ccc32)C(F)=C1. The number of rotatable bonds is 6. The Hall–Kier alpha value is -2.69. The normalized spacial score (nSPS) is 18.7. The van der Waals surface area contributed by atoms with Crippen LogP contribution in [0.2, 0.25) is 0 Å². The highest BCUT2D eigenvalue weighted by Gasteiger charge is 2.46. The average molecular weight is 507 g/mol. The maximum absolute atomic E-state index is 14.9. The van der Waals surface area contributed by atoms with E-state index in [4.69, 9.17) is 22.7 Å². The number of ether oxygens (including phenoxy) is 1. The summed E-state index contributed by atoms with van der Waals surface area (Å²) in [6.45, 7) is 1.39. The van der Waals surface area contributed by atoms with E-state index in [2.05, 4.69) is 0 Å². The van der Waals surface area contributed by atoms with Crippen molar-refractivity contribution in [2.75, 3.05) is 6.26 Å². The number of nitrogens with zero attached hydrogens (tertiary/aromatic N) is 1. The summed E-state index contributed by atoms with van der Waals surface area (Å²) in [7, 11) is -4.11. The van der Waals surface area contributed by atoms with E-state index in [0.29, 0.717) is 27.3 Å². The first kappa shape index (κ1) is 23.5. The van der Waals surface area contributed by atoms with Crippen LogP contribution >= 0.6 is 24.0 Å². The van der Waals surface area contributed by atoms with Crippen molar-refractivity contribution in [2.45, 2.75) is 18.1 Å². The molecule has 0 bridgehead atoms. The second-order valence-corrected chi connectivity index (χ2v) is 11.2. The van der Waals surface area contributed by atoms with Crippen LogP contribution in [0.1, 0.15) is 18.9 Å². The number of allylic oxidation sites excluding steroid dienone is 2. The van der Waals surface area contributed by atoms with Gasteiger partial charge in [-0.1, -0.05) is 18.3 Å². The van der Waals surface area contributed by atoms with Gasteiger partial charge in [-0.25, -0.2) is 21.2 Å². The van der Waals surface area contributed by atoms with E-state index in [0.717, 1.165) is 3.97 Å². The second kappa shape index (κ2) is 8.58. The Morgan fingerprint density at radius 1 is 1.18 bits per heavy atom. The van der Waals surface area contributed by atoms with E-state index in [-0.39, 0.29) is 17.0 Å². The molecule has 2 N–H and O–H groups in total. The molecule has 0 spiro atoms. The third-order valence-corrected chi connectivity index (χ3v) is 8.91. The van der Waals surface area contributed by atoms with Gasteiger partial charge in [-0.3, -0.25) is 0 Å². The monoisotopic (exact) mass is 506 g/mol. The van der Waals surface area contributed by atoms with Crippen LogP contribution in [0.4, 0.5) is 8.78 Å². The van der Waals surface area contributed by atoms with Crippen LogP contribution in [-0.2, 0) is 10.0 Å². The molecule has 10 heteroatoms. The fourth-order valence-corrected chi connectivity index (χ4v) is 5.89. The molecule has 1 aromatic heterocycles. The maximum Gasteiger partial charge on any atom is 0.251 e. The topological polar surface area (TPSA) is 74.3 Å². The van der Waals surface area contributed by atoms with Gasteiger partial charge in [0.25, 0.3) is 10.0 Å². The summed E-state index contributed by atoms with van der Waals surface area (Å²) in [5.74, 6) is -0.518. The van der Waals surface area contributed by atoms with Gasteiger partial charge in [-0.15, -0.1) is 11.8 Å². The van der Waals surface area contributed by atoms with Crippen molar-refractivity contribution < 1.29 is 21.9 Å². The number of hydrogen-bond acceptors (Lipinski definition) is 5. The molecular weight excluding hydrogens is 486 g/mol. The van der Waals surface area contributed by atoms with Gasteiger partial charge in [0.2, 0.25) is 0 Å². The van der Waals surface area contributed by atoms with E-state index in [1.165, 1.54) is 49.2 Å². The minimum absolute atomic E-state index is 0.0324. The van der Waals surface area contributed by atoms with Gasteiger partial charge in [0, 0.05) is 22.1 Å². The molecule has 0 saturated carbocycles. The number of halogens is 2. The first-order valence-corrected chi connectivity index (χ1v) is 12.9. The standard InChI is InChI=1S/C23H20F2N2O3S3/c1-23(9-7-17(32-2)13-21(23)25)33(28,29)27-10-8-14-11-15(4-6-20(14)27)30-16-3-5-19(24)18(12-16)22(26)31/h3-8,10-13H,9H2,1-2H3,(H2,26,31). The van der Waals surface area contributed by atoms with Crippen LogP contribution in [0, 0.1) is 5.82 Å². The van der Waals surface area contributed by atoms with Crippen LogP contribution in [-0.4, -0.2) is 28.4 Å². The minimum atomic E-state index is -4.11. The number of thiocarbonyl (C=S) groups is 1. The molecule has 0 radical (unpaired) electrons. The Balaban J connectivity index is 1.68. The molecule has 0 aliphatic heterocycles. The molecule has 1 unspecified atom stereocenters. The van der Waals surface area contributed by atoms with Crippen molar-refractivity contribution in [1.29, 1.82) is 0 Å². The Morgan fingerprint density at radius 2 is 1.88 bits per heavy atom. The summed E-state index contributed by atoms with van der Waals surface area (Å²) >= 11 is 6.21. The van der Waals surface area contributed by atoms with Gasteiger partial charge >= 0.3 is 0 Å². The summed E-state index contributed by atoms with van der Waals surface area (Å²) in [5.41, 5.74) is 5.99. The quantitative estimate of drug-likeness (QED) is 0.436. The molecule has 1 aliphatic rings. The first-order chi connectivity index (χ1) is 15.6. The van der Waals surface area contributed by atoms with E-state index in [1.54, 1.807) is 30.3 Å². The van der Waals surface area contributed by atoms with Crippen molar-refractivity contribution in [2.24, 2.45) is 5.73 Å². The summed E-state index contributed by atoms with van der Waals surface area (Å²) < 4.78 is 60.8. The Bertz CT molecular complexity index is 1440. The van der Waals surface area contributed by atoms with Crippen LogP contribution in [0.15, 0.2) is 71.5 Å². The van der Waals surface area contributed by atoms with Crippen LogP contribution in [0.3, 0.4) is 0 Å². The molecule has 172 valence electrons. The molecule has 1 aliphatic carbocycles. The lowest BCUT2D eigenvalue weighted by Gasteiger charge is -2.30. The van der Waals surface area contributed by atoms with Crippen molar-refractivity contribution >= 4 is 49.9 Å². The largest absolute Gasteiger partial charge is 0.457 e. The smallest absolute Gasteiger partial charge is 0.251 e. The van der Waals surface area contributed by atoms with Gasteiger partial charge in [0.1, 0.15) is 32.9 Å². The molecule has 4 rings (SSSR count). The third kappa shape index (κ3) is 4.07. The average Bonchev–Trinajstić information content (AvgIpc) is 3.20. The lowest BCUT2D eigenvalue weighted by atomic mass is 10.0. The summed E-state index contributed by atoms with van der Waals surface area (Å²) in [6, 6.07) is 10.5. The number of benzene rings is 2.